The van der Waals surface area contributed by atoms with Crippen molar-refractivity contribution in [2.75, 3.05) is 36.0 Å². The van der Waals surface area contributed by atoms with Crippen LogP contribution in [0, 0.1) is 12.7 Å². The lowest BCUT2D eigenvalue weighted by molar-refractivity contribution is 0.573. The van der Waals surface area contributed by atoms with Gasteiger partial charge in [-0.2, -0.15) is 5.10 Å². The maximum Gasteiger partial charge on any atom is 0.287 e. The minimum Gasteiger partial charge on any atom is -0.365 e. The summed E-state index contributed by atoms with van der Waals surface area (Å²) in [5.74, 6) is -0.0837. The highest BCUT2D eigenvalue weighted by molar-refractivity contribution is 6.33. The van der Waals surface area contributed by atoms with Crippen molar-refractivity contribution >= 4 is 23.1 Å². The number of halogens is 2. The molecular formula is C14H16ClFN6O. The summed E-state index contributed by atoms with van der Waals surface area (Å²) < 4.78 is 15.3. The molecule has 0 unspecified atom stereocenters. The molecule has 1 aliphatic heterocycles. The van der Waals surface area contributed by atoms with Crippen LogP contribution >= 0.6 is 11.6 Å². The van der Waals surface area contributed by atoms with Crippen LogP contribution in [0.3, 0.4) is 0 Å². The van der Waals surface area contributed by atoms with Crippen molar-refractivity contribution in [1.29, 1.82) is 0 Å². The highest BCUT2D eigenvalue weighted by Gasteiger charge is 2.24. The number of aryl methyl sites for hydroxylation is 2. The molecule has 9 heteroatoms. The highest BCUT2D eigenvalue weighted by atomic mass is 35.5. The van der Waals surface area contributed by atoms with Gasteiger partial charge in [0.05, 0.1) is 17.6 Å². The van der Waals surface area contributed by atoms with Gasteiger partial charge in [-0.05, 0) is 6.92 Å². The molecule has 122 valence electrons. The second-order valence-electron chi connectivity index (χ2n) is 5.34. The van der Waals surface area contributed by atoms with Gasteiger partial charge >= 0.3 is 0 Å². The van der Waals surface area contributed by atoms with E-state index in [1.54, 1.807) is 20.2 Å². The predicted octanol–water partition coefficient (Wildman–Crippen LogP) is 0.998. The van der Waals surface area contributed by atoms with Crippen LogP contribution in [0.2, 0.25) is 5.02 Å². The van der Waals surface area contributed by atoms with Crippen LogP contribution in [0.5, 0.6) is 0 Å². The molecule has 0 atom stereocenters. The van der Waals surface area contributed by atoms with Gasteiger partial charge in [-0.15, -0.1) is 0 Å². The van der Waals surface area contributed by atoms with Crippen molar-refractivity contribution < 1.29 is 4.39 Å². The third kappa shape index (κ3) is 2.86. The number of piperazine rings is 1. The molecule has 3 heterocycles. The van der Waals surface area contributed by atoms with Gasteiger partial charge in [0, 0.05) is 33.2 Å². The fraction of sp³-hybridized carbons (Fsp3) is 0.429. The first-order chi connectivity index (χ1) is 11.0. The SMILES string of the molecule is Cc1ncnc(N2CCN(c3cnn(C)c(=O)c3Cl)CC2)c1F. The molecule has 2 aromatic rings. The fourth-order valence-corrected chi connectivity index (χ4v) is 2.84. The van der Waals surface area contributed by atoms with Crippen molar-refractivity contribution in [3.8, 4) is 0 Å². The summed E-state index contributed by atoms with van der Waals surface area (Å²) in [5.41, 5.74) is 0.606. The average Bonchev–Trinajstić information content (AvgIpc) is 2.56. The van der Waals surface area contributed by atoms with E-state index in [4.69, 9.17) is 11.6 Å². The van der Waals surface area contributed by atoms with Crippen molar-refractivity contribution in [2.45, 2.75) is 6.92 Å². The molecule has 0 aromatic carbocycles. The minimum absolute atomic E-state index is 0.153. The average molecular weight is 339 g/mol. The van der Waals surface area contributed by atoms with Crippen LogP contribution in [0.4, 0.5) is 15.9 Å². The van der Waals surface area contributed by atoms with Gasteiger partial charge < -0.3 is 9.80 Å². The molecule has 1 saturated heterocycles. The van der Waals surface area contributed by atoms with Crippen LogP contribution in [-0.4, -0.2) is 45.9 Å². The zero-order valence-corrected chi connectivity index (χ0v) is 13.6. The van der Waals surface area contributed by atoms with Crippen LogP contribution in [0.1, 0.15) is 5.69 Å². The van der Waals surface area contributed by atoms with Crippen molar-refractivity contribution in [1.82, 2.24) is 19.7 Å². The largest absolute Gasteiger partial charge is 0.365 e. The van der Waals surface area contributed by atoms with E-state index in [-0.39, 0.29) is 10.6 Å². The molecular weight excluding hydrogens is 323 g/mol. The Morgan fingerprint density at radius 3 is 2.52 bits per heavy atom. The molecule has 1 aliphatic rings. The van der Waals surface area contributed by atoms with Gasteiger partial charge in [0.1, 0.15) is 11.3 Å². The maximum absolute atomic E-state index is 14.1. The van der Waals surface area contributed by atoms with Gasteiger partial charge in [0.15, 0.2) is 11.6 Å². The van der Waals surface area contributed by atoms with E-state index in [1.165, 1.54) is 11.0 Å². The molecule has 0 saturated carbocycles. The monoisotopic (exact) mass is 338 g/mol. The summed E-state index contributed by atoms with van der Waals surface area (Å²) in [6.45, 7) is 3.94. The standard InChI is InChI=1S/C14H16ClFN6O/c1-9-12(16)13(18-8-17-9)22-5-3-21(4-6-22)10-7-19-20(2)14(23)11(10)15/h7-8H,3-6H2,1-2H3. The minimum atomic E-state index is -0.394. The topological polar surface area (TPSA) is 67.2 Å². The summed E-state index contributed by atoms with van der Waals surface area (Å²) in [5, 5.41) is 4.15. The summed E-state index contributed by atoms with van der Waals surface area (Å²) >= 11 is 6.12. The Kier molecular flexibility index (Phi) is 4.16. The Bertz CT molecular complexity index is 787. The van der Waals surface area contributed by atoms with E-state index in [0.717, 1.165) is 0 Å². The summed E-state index contributed by atoms with van der Waals surface area (Å²) in [4.78, 5) is 23.6. The van der Waals surface area contributed by atoms with Crippen LogP contribution in [-0.2, 0) is 7.05 Å². The van der Waals surface area contributed by atoms with E-state index in [2.05, 4.69) is 15.1 Å². The molecule has 0 bridgehead atoms. The molecule has 1 fully saturated rings. The summed E-state index contributed by atoms with van der Waals surface area (Å²) in [7, 11) is 1.55. The van der Waals surface area contributed by atoms with E-state index in [9.17, 15) is 9.18 Å². The fourth-order valence-electron chi connectivity index (χ4n) is 2.55. The molecule has 0 spiro atoms. The lowest BCUT2D eigenvalue weighted by Gasteiger charge is -2.36. The van der Waals surface area contributed by atoms with Gasteiger partial charge in [-0.25, -0.2) is 19.0 Å². The van der Waals surface area contributed by atoms with E-state index in [1.807, 2.05) is 9.80 Å². The number of anilines is 2. The second-order valence-corrected chi connectivity index (χ2v) is 5.72. The molecule has 23 heavy (non-hydrogen) atoms. The van der Waals surface area contributed by atoms with Crippen LogP contribution < -0.4 is 15.4 Å². The Morgan fingerprint density at radius 1 is 1.17 bits per heavy atom. The van der Waals surface area contributed by atoms with E-state index in [0.29, 0.717) is 43.4 Å². The zero-order valence-electron chi connectivity index (χ0n) is 12.8. The first kappa shape index (κ1) is 15.7. The smallest absolute Gasteiger partial charge is 0.287 e. The molecule has 0 N–H and O–H groups in total. The van der Waals surface area contributed by atoms with Crippen molar-refractivity contribution in [3.05, 3.63) is 39.4 Å². The Hall–Kier alpha value is -2.22. The Balaban J connectivity index is 1.78. The second kappa shape index (κ2) is 6.11. The van der Waals surface area contributed by atoms with Gasteiger partial charge in [-0.1, -0.05) is 11.6 Å². The first-order valence-electron chi connectivity index (χ1n) is 7.18. The van der Waals surface area contributed by atoms with E-state index >= 15 is 0 Å². The molecule has 0 amide bonds. The number of hydrogen-bond donors (Lipinski definition) is 0. The molecule has 3 rings (SSSR count). The van der Waals surface area contributed by atoms with Gasteiger partial charge in [-0.3, -0.25) is 4.79 Å². The molecule has 0 radical (unpaired) electrons. The summed E-state index contributed by atoms with van der Waals surface area (Å²) in [6.07, 6.45) is 2.94. The highest BCUT2D eigenvalue weighted by Crippen LogP contribution is 2.24. The lowest BCUT2D eigenvalue weighted by Crippen LogP contribution is -2.47. The van der Waals surface area contributed by atoms with Crippen LogP contribution in [0.25, 0.3) is 0 Å². The van der Waals surface area contributed by atoms with E-state index < -0.39 is 5.82 Å². The lowest BCUT2D eigenvalue weighted by atomic mass is 10.2. The van der Waals surface area contributed by atoms with Crippen molar-refractivity contribution in [2.24, 2.45) is 7.05 Å². The van der Waals surface area contributed by atoms with Crippen molar-refractivity contribution in [3.63, 3.8) is 0 Å². The van der Waals surface area contributed by atoms with Gasteiger partial charge in [0.25, 0.3) is 5.56 Å². The van der Waals surface area contributed by atoms with Gasteiger partial charge in [0.2, 0.25) is 0 Å². The maximum atomic E-state index is 14.1. The molecule has 7 nitrogen and oxygen atoms in total. The zero-order chi connectivity index (χ0) is 16.6. The first-order valence-corrected chi connectivity index (χ1v) is 7.55. The summed E-state index contributed by atoms with van der Waals surface area (Å²) in [6, 6.07) is 0. The third-order valence-electron chi connectivity index (χ3n) is 3.93. The number of hydrogen-bond acceptors (Lipinski definition) is 6. The van der Waals surface area contributed by atoms with Crippen LogP contribution in [0.15, 0.2) is 17.3 Å². The molecule has 0 aliphatic carbocycles. The Labute approximate surface area is 137 Å². The molecule has 2 aromatic heterocycles. The number of aromatic nitrogens is 4. The quantitative estimate of drug-likeness (QED) is 0.814. The predicted molar refractivity (Wildman–Crippen MR) is 85.6 cm³/mol. The normalized spacial score (nSPS) is 15.1. The number of rotatable bonds is 2. The Morgan fingerprint density at radius 2 is 1.83 bits per heavy atom. The number of nitrogens with zero attached hydrogens (tertiary/aromatic N) is 6. The third-order valence-corrected chi connectivity index (χ3v) is 4.28.